The third-order valence-corrected chi connectivity index (χ3v) is 4.11. The van der Waals surface area contributed by atoms with Gasteiger partial charge in [-0.15, -0.1) is 0 Å². The van der Waals surface area contributed by atoms with Gasteiger partial charge in [0.05, 0.1) is 12.2 Å². The number of hydrogen-bond acceptors (Lipinski definition) is 2. The molecule has 0 saturated heterocycles. The second kappa shape index (κ2) is 6.53. The molecule has 1 aromatic carbocycles. The molecule has 1 aliphatic carbocycles. The summed E-state index contributed by atoms with van der Waals surface area (Å²) in [4.78, 5) is 0. The Bertz CT molecular complexity index is 385. The van der Waals surface area contributed by atoms with E-state index < -0.39 is 0 Å². The van der Waals surface area contributed by atoms with Gasteiger partial charge in [0.15, 0.2) is 0 Å². The molecule has 1 fully saturated rings. The molecule has 2 heteroatoms. The average Bonchev–Trinajstić information content (AvgIpc) is 2.37. The molecule has 4 unspecified atom stereocenters. The molecule has 0 bridgehead atoms. The number of nitrogens with two attached hydrogens (primary N) is 1. The van der Waals surface area contributed by atoms with Gasteiger partial charge < -0.3 is 10.5 Å². The van der Waals surface area contributed by atoms with Crippen LogP contribution in [0.5, 0.6) is 0 Å². The second-order valence-corrected chi connectivity index (χ2v) is 6.22. The molecule has 2 nitrogen and oxygen atoms in total. The van der Waals surface area contributed by atoms with E-state index in [1.54, 1.807) is 0 Å². The maximum atomic E-state index is 6.32. The summed E-state index contributed by atoms with van der Waals surface area (Å²) < 4.78 is 6.32. The molecular formula is C17H27NO. The molecule has 2 rings (SSSR count). The fourth-order valence-corrected chi connectivity index (χ4v) is 2.97. The van der Waals surface area contributed by atoms with Gasteiger partial charge in [-0.05, 0) is 38.2 Å². The predicted molar refractivity (Wildman–Crippen MR) is 80.1 cm³/mol. The minimum Gasteiger partial charge on any atom is -0.369 e. The standard InChI is InChI=1S/C17H27NO/c1-12-7-9-15(10-8-12)17(14(3)18)19-16-6-4-5-13(2)11-16/h7-10,13-14,16-17H,4-6,11,18H2,1-3H3. The van der Waals surface area contributed by atoms with E-state index in [4.69, 9.17) is 10.5 Å². The summed E-state index contributed by atoms with van der Waals surface area (Å²) >= 11 is 0. The van der Waals surface area contributed by atoms with Crippen molar-refractivity contribution in [3.8, 4) is 0 Å². The lowest BCUT2D eigenvalue weighted by molar-refractivity contribution is -0.0490. The van der Waals surface area contributed by atoms with Gasteiger partial charge in [-0.3, -0.25) is 0 Å². The summed E-state index contributed by atoms with van der Waals surface area (Å²) in [5.41, 5.74) is 8.62. The van der Waals surface area contributed by atoms with Crippen molar-refractivity contribution in [3.63, 3.8) is 0 Å². The number of rotatable bonds is 4. The Hall–Kier alpha value is -0.860. The highest BCUT2D eigenvalue weighted by atomic mass is 16.5. The number of ether oxygens (including phenoxy) is 1. The Morgan fingerprint density at radius 2 is 1.89 bits per heavy atom. The molecule has 0 aromatic heterocycles. The van der Waals surface area contributed by atoms with Crippen molar-refractivity contribution in [1.29, 1.82) is 0 Å². The summed E-state index contributed by atoms with van der Waals surface area (Å²) in [6, 6.07) is 8.60. The molecule has 0 aliphatic heterocycles. The maximum Gasteiger partial charge on any atom is 0.0976 e. The largest absolute Gasteiger partial charge is 0.369 e. The molecule has 1 aliphatic rings. The fourth-order valence-electron chi connectivity index (χ4n) is 2.97. The van der Waals surface area contributed by atoms with Crippen LogP contribution in [0.4, 0.5) is 0 Å². The van der Waals surface area contributed by atoms with E-state index in [1.807, 2.05) is 6.92 Å². The zero-order valence-electron chi connectivity index (χ0n) is 12.4. The maximum absolute atomic E-state index is 6.32. The van der Waals surface area contributed by atoms with Gasteiger partial charge in [0.1, 0.15) is 0 Å². The van der Waals surface area contributed by atoms with Crippen LogP contribution in [-0.4, -0.2) is 12.1 Å². The monoisotopic (exact) mass is 261 g/mol. The molecule has 0 radical (unpaired) electrons. The number of hydrogen-bond donors (Lipinski definition) is 1. The zero-order valence-corrected chi connectivity index (χ0v) is 12.4. The van der Waals surface area contributed by atoms with Gasteiger partial charge in [-0.1, -0.05) is 49.6 Å². The molecular weight excluding hydrogens is 234 g/mol. The molecule has 19 heavy (non-hydrogen) atoms. The first kappa shape index (κ1) is 14.5. The van der Waals surface area contributed by atoms with Crippen LogP contribution in [0.1, 0.15) is 56.8 Å². The van der Waals surface area contributed by atoms with Gasteiger partial charge in [-0.25, -0.2) is 0 Å². The topological polar surface area (TPSA) is 35.2 Å². The molecule has 0 spiro atoms. The third kappa shape index (κ3) is 4.05. The van der Waals surface area contributed by atoms with Crippen LogP contribution >= 0.6 is 0 Å². The van der Waals surface area contributed by atoms with Crippen molar-refractivity contribution >= 4 is 0 Å². The van der Waals surface area contributed by atoms with Gasteiger partial charge in [-0.2, -0.15) is 0 Å². The first-order valence-corrected chi connectivity index (χ1v) is 7.54. The summed E-state index contributed by atoms with van der Waals surface area (Å²) in [5, 5.41) is 0. The highest BCUT2D eigenvalue weighted by Gasteiger charge is 2.25. The average molecular weight is 261 g/mol. The van der Waals surface area contributed by atoms with E-state index in [0.29, 0.717) is 6.10 Å². The molecule has 2 N–H and O–H groups in total. The highest BCUT2D eigenvalue weighted by molar-refractivity contribution is 5.24. The van der Waals surface area contributed by atoms with Crippen LogP contribution in [0.3, 0.4) is 0 Å². The Morgan fingerprint density at radius 3 is 2.47 bits per heavy atom. The minimum absolute atomic E-state index is 0.0240. The Balaban J connectivity index is 2.05. The Kier molecular flexibility index (Phi) is 5.00. The van der Waals surface area contributed by atoms with E-state index >= 15 is 0 Å². The van der Waals surface area contributed by atoms with E-state index in [1.165, 1.54) is 36.8 Å². The van der Waals surface area contributed by atoms with E-state index in [0.717, 1.165) is 5.92 Å². The van der Waals surface area contributed by atoms with Crippen LogP contribution < -0.4 is 5.73 Å². The van der Waals surface area contributed by atoms with Crippen LogP contribution in [0, 0.1) is 12.8 Å². The number of benzene rings is 1. The quantitative estimate of drug-likeness (QED) is 0.889. The lowest BCUT2D eigenvalue weighted by Gasteiger charge is -2.32. The van der Waals surface area contributed by atoms with Crippen molar-refractivity contribution in [2.75, 3.05) is 0 Å². The van der Waals surface area contributed by atoms with Gasteiger partial charge in [0.2, 0.25) is 0 Å². The summed E-state index contributed by atoms with van der Waals surface area (Å²) in [7, 11) is 0. The molecule has 0 amide bonds. The van der Waals surface area contributed by atoms with Gasteiger partial charge in [0, 0.05) is 6.04 Å². The predicted octanol–water partition coefficient (Wildman–Crippen LogP) is 3.98. The summed E-state index contributed by atoms with van der Waals surface area (Å²) in [6.45, 7) is 6.47. The summed E-state index contributed by atoms with van der Waals surface area (Å²) in [5.74, 6) is 0.783. The summed E-state index contributed by atoms with van der Waals surface area (Å²) in [6.07, 6.45) is 5.38. The molecule has 1 saturated carbocycles. The van der Waals surface area contributed by atoms with Crippen molar-refractivity contribution in [1.82, 2.24) is 0 Å². The lowest BCUT2D eigenvalue weighted by atomic mass is 9.88. The van der Waals surface area contributed by atoms with Crippen LogP contribution in [-0.2, 0) is 4.74 Å². The molecule has 0 heterocycles. The smallest absolute Gasteiger partial charge is 0.0976 e. The molecule has 106 valence electrons. The minimum atomic E-state index is 0.0240. The SMILES string of the molecule is Cc1ccc(C(OC2CCCC(C)C2)C(C)N)cc1. The van der Waals surface area contributed by atoms with Gasteiger partial charge >= 0.3 is 0 Å². The number of aryl methyl sites for hydroxylation is 1. The second-order valence-electron chi connectivity index (χ2n) is 6.22. The highest BCUT2D eigenvalue weighted by Crippen LogP contribution is 2.31. The van der Waals surface area contributed by atoms with Crippen LogP contribution in [0.2, 0.25) is 0 Å². The first-order chi connectivity index (χ1) is 9.06. The third-order valence-electron chi connectivity index (χ3n) is 4.11. The zero-order chi connectivity index (χ0) is 13.8. The van der Waals surface area contributed by atoms with Crippen molar-refractivity contribution < 1.29 is 4.74 Å². The van der Waals surface area contributed by atoms with Crippen molar-refractivity contribution in [2.24, 2.45) is 11.7 Å². The molecule has 1 aromatic rings. The lowest BCUT2D eigenvalue weighted by Crippen LogP contribution is -2.32. The first-order valence-electron chi connectivity index (χ1n) is 7.54. The fraction of sp³-hybridized carbons (Fsp3) is 0.647. The van der Waals surface area contributed by atoms with E-state index in [-0.39, 0.29) is 12.1 Å². The van der Waals surface area contributed by atoms with Crippen LogP contribution in [0.25, 0.3) is 0 Å². The normalized spacial score (nSPS) is 26.9. The Morgan fingerprint density at radius 1 is 1.21 bits per heavy atom. The molecule has 4 atom stereocenters. The van der Waals surface area contributed by atoms with E-state index in [9.17, 15) is 0 Å². The van der Waals surface area contributed by atoms with Crippen molar-refractivity contribution in [3.05, 3.63) is 35.4 Å². The van der Waals surface area contributed by atoms with Gasteiger partial charge in [0.25, 0.3) is 0 Å². The van der Waals surface area contributed by atoms with E-state index in [2.05, 4.69) is 38.1 Å². The van der Waals surface area contributed by atoms with Crippen LogP contribution in [0.15, 0.2) is 24.3 Å². The Labute approximate surface area is 117 Å². The van der Waals surface area contributed by atoms with Crippen molar-refractivity contribution in [2.45, 2.75) is 64.7 Å².